The summed E-state index contributed by atoms with van der Waals surface area (Å²) in [6.07, 6.45) is 31.4. The predicted octanol–water partition coefficient (Wildman–Crippen LogP) is 10.6. The highest BCUT2D eigenvalue weighted by atomic mass is 16.6. The molecule has 1 N–H and O–H groups in total. The van der Waals surface area contributed by atoms with Crippen LogP contribution in [-0.2, 0) is 19.1 Å². The Bertz CT molecular complexity index is 564. The Labute approximate surface area is 255 Å². The highest BCUT2D eigenvalue weighted by Crippen LogP contribution is 2.16. The van der Waals surface area contributed by atoms with Crippen molar-refractivity contribution in [3.05, 3.63) is 0 Å². The smallest absolute Gasteiger partial charge is 0.305 e. The van der Waals surface area contributed by atoms with Gasteiger partial charge in [-0.2, -0.15) is 0 Å². The van der Waals surface area contributed by atoms with Gasteiger partial charge in [-0.05, 0) is 18.8 Å². The standard InChI is InChI=1S/C36H70O5/c1-4-6-7-8-9-10-11-12-13-17-20-23-26-29-35(38)40-31-34(37)32-41-36(39)30-27-24-21-18-15-14-16-19-22-25-28-33(3)5-2/h33-34,37H,4-32H2,1-3H3/t33?,34-/m0/s1. The second-order valence-corrected chi connectivity index (χ2v) is 12.6. The first kappa shape index (κ1) is 39.9. The molecular weight excluding hydrogens is 512 g/mol. The van der Waals surface area contributed by atoms with Crippen LogP contribution < -0.4 is 0 Å². The molecule has 5 heteroatoms. The summed E-state index contributed by atoms with van der Waals surface area (Å²) in [5.74, 6) is 0.324. The summed E-state index contributed by atoms with van der Waals surface area (Å²) in [7, 11) is 0. The van der Waals surface area contributed by atoms with E-state index in [1.807, 2.05) is 0 Å². The van der Waals surface area contributed by atoms with Crippen LogP contribution in [0.5, 0.6) is 0 Å². The minimum atomic E-state index is -0.954. The first-order valence-corrected chi connectivity index (χ1v) is 18.0. The van der Waals surface area contributed by atoms with Crippen molar-refractivity contribution < 1.29 is 24.2 Å². The van der Waals surface area contributed by atoms with E-state index in [-0.39, 0.29) is 25.2 Å². The number of aliphatic hydroxyl groups excluding tert-OH is 1. The summed E-state index contributed by atoms with van der Waals surface area (Å²) in [6.45, 7) is 6.67. The van der Waals surface area contributed by atoms with Crippen LogP contribution in [0.1, 0.15) is 194 Å². The van der Waals surface area contributed by atoms with Crippen LogP contribution in [0.3, 0.4) is 0 Å². The van der Waals surface area contributed by atoms with E-state index in [9.17, 15) is 14.7 Å². The van der Waals surface area contributed by atoms with Gasteiger partial charge in [0.15, 0.2) is 0 Å². The van der Waals surface area contributed by atoms with E-state index < -0.39 is 6.10 Å². The number of aliphatic hydroxyl groups is 1. The minimum absolute atomic E-state index is 0.109. The topological polar surface area (TPSA) is 72.8 Å². The van der Waals surface area contributed by atoms with Gasteiger partial charge in [-0.1, -0.05) is 168 Å². The van der Waals surface area contributed by atoms with Crippen molar-refractivity contribution in [3.8, 4) is 0 Å². The fraction of sp³-hybridized carbons (Fsp3) is 0.944. The lowest BCUT2D eigenvalue weighted by Gasteiger charge is -2.12. The molecule has 0 aromatic carbocycles. The molecule has 0 amide bonds. The van der Waals surface area contributed by atoms with E-state index in [1.165, 1.54) is 135 Å². The second-order valence-electron chi connectivity index (χ2n) is 12.6. The van der Waals surface area contributed by atoms with E-state index in [1.54, 1.807) is 0 Å². The minimum Gasteiger partial charge on any atom is -0.463 e. The Kier molecular flexibility index (Phi) is 31.0. The molecule has 0 saturated heterocycles. The molecule has 5 nitrogen and oxygen atoms in total. The number of ether oxygens (including phenoxy) is 2. The van der Waals surface area contributed by atoms with Crippen molar-refractivity contribution in [1.82, 2.24) is 0 Å². The van der Waals surface area contributed by atoms with Gasteiger partial charge in [0, 0.05) is 12.8 Å². The molecule has 0 radical (unpaired) electrons. The van der Waals surface area contributed by atoms with Crippen LogP contribution >= 0.6 is 0 Å². The maximum absolute atomic E-state index is 11.9. The molecule has 0 saturated carbocycles. The van der Waals surface area contributed by atoms with Crippen molar-refractivity contribution in [2.24, 2.45) is 5.92 Å². The summed E-state index contributed by atoms with van der Waals surface area (Å²) >= 11 is 0. The number of carbonyl (C=O) groups is 2. The molecule has 0 aromatic rings. The lowest BCUT2D eigenvalue weighted by Crippen LogP contribution is -2.25. The average molecular weight is 583 g/mol. The van der Waals surface area contributed by atoms with Crippen LogP contribution in [0.4, 0.5) is 0 Å². The second kappa shape index (κ2) is 31.8. The van der Waals surface area contributed by atoms with Gasteiger partial charge < -0.3 is 14.6 Å². The summed E-state index contributed by atoms with van der Waals surface area (Å²) < 4.78 is 10.3. The lowest BCUT2D eigenvalue weighted by atomic mass is 9.99. The number of carbonyl (C=O) groups excluding carboxylic acids is 2. The normalized spacial score (nSPS) is 12.8. The van der Waals surface area contributed by atoms with Crippen molar-refractivity contribution in [1.29, 1.82) is 0 Å². The van der Waals surface area contributed by atoms with Gasteiger partial charge in [-0.25, -0.2) is 0 Å². The van der Waals surface area contributed by atoms with Crippen molar-refractivity contribution in [3.63, 3.8) is 0 Å². The Balaban J connectivity index is 3.41. The Morgan fingerprint density at radius 2 is 0.829 bits per heavy atom. The van der Waals surface area contributed by atoms with Crippen LogP contribution in [0.2, 0.25) is 0 Å². The van der Waals surface area contributed by atoms with E-state index in [2.05, 4.69) is 20.8 Å². The zero-order valence-electron chi connectivity index (χ0n) is 27.7. The molecule has 41 heavy (non-hydrogen) atoms. The fourth-order valence-electron chi connectivity index (χ4n) is 5.24. The first-order chi connectivity index (χ1) is 20.0. The summed E-state index contributed by atoms with van der Waals surface area (Å²) in [5, 5.41) is 9.97. The molecule has 244 valence electrons. The van der Waals surface area contributed by atoms with Crippen LogP contribution in [-0.4, -0.2) is 36.4 Å². The number of unbranched alkanes of at least 4 members (excludes halogenated alkanes) is 21. The largest absolute Gasteiger partial charge is 0.463 e. The Morgan fingerprint density at radius 1 is 0.512 bits per heavy atom. The van der Waals surface area contributed by atoms with Gasteiger partial charge in [0.2, 0.25) is 0 Å². The fourth-order valence-corrected chi connectivity index (χ4v) is 5.24. The molecule has 0 heterocycles. The maximum atomic E-state index is 11.9. The molecule has 0 rings (SSSR count). The lowest BCUT2D eigenvalue weighted by molar-refractivity contribution is -0.152. The quantitative estimate of drug-likeness (QED) is 0.0631. The van der Waals surface area contributed by atoms with Crippen molar-refractivity contribution in [2.45, 2.75) is 200 Å². The third-order valence-corrected chi connectivity index (χ3v) is 8.38. The number of hydrogen-bond acceptors (Lipinski definition) is 5. The predicted molar refractivity (Wildman–Crippen MR) is 173 cm³/mol. The third-order valence-electron chi connectivity index (χ3n) is 8.38. The number of hydrogen-bond donors (Lipinski definition) is 1. The average Bonchev–Trinajstić information content (AvgIpc) is 2.97. The molecule has 0 aromatic heterocycles. The summed E-state index contributed by atoms with van der Waals surface area (Å²) in [5.41, 5.74) is 0. The molecular formula is C36H70O5. The van der Waals surface area contributed by atoms with Crippen LogP contribution in [0.15, 0.2) is 0 Å². The van der Waals surface area contributed by atoms with Gasteiger partial charge >= 0.3 is 11.9 Å². The van der Waals surface area contributed by atoms with E-state index in [0.717, 1.165) is 31.6 Å². The maximum Gasteiger partial charge on any atom is 0.305 e. The molecule has 2 atom stereocenters. The Hall–Kier alpha value is -1.10. The van der Waals surface area contributed by atoms with Gasteiger partial charge in [0.05, 0.1) is 0 Å². The zero-order valence-corrected chi connectivity index (χ0v) is 27.7. The molecule has 1 unspecified atom stereocenters. The van der Waals surface area contributed by atoms with Gasteiger partial charge in [-0.15, -0.1) is 0 Å². The number of esters is 2. The zero-order chi connectivity index (χ0) is 30.2. The SMILES string of the molecule is CCCCCCCCCCCCCCCC(=O)OC[C@H](O)COC(=O)CCCCCCCCCCCCC(C)CC. The molecule has 0 aliphatic heterocycles. The summed E-state index contributed by atoms with van der Waals surface area (Å²) in [4.78, 5) is 23.8. The highest BCUT2D eigenvalue weighted by Gasteiger charge is 2.12. The highest BCUT2D eigenvalue weighted by molar-refractivity contribution is 5.69. The molecule has 0 bridgehead atoms. The summed E-state index contributed by atoms with van der Waals surface area (Å²) in [6, 6.07) is 0. The van der Waals surface area contributed by atoms with Gasteiger partial charge in [0.25, 0.3) is 0 Å². The third kappa shape index (κ3) is 31.7. The molecule has 0 spiro atoms. The monoisotopic (exact) mass is 583 g/mol. The molecule has 0 fully saturated rings. The van der Waals surface area contributed by atoms with Gasteiger partial charge in [-0.3, -0.25) is 9.59 Å². The molecule has 0 aliphatic rings. The first-order valence-electron chi connectivity index (χ1n) is 18.0. The van der Waals surface area contributed by atoms with E-state index in [4.69, 9.17) is 9.47 Å². The van der Waals surface area contributed by atoms with Gasteiger partial charge in [0.1, 0.15) is 19.3 Å². The van der Waals surface area contributed by atoms with Crippen LogP contribution in [0.25, 0.3) is 0 Å². The Morgan fingerprint density at radius 3 is 1.17 bits per heavy atom. The number of rotatable bonds is 32. The van der Waals surface area contributed by atoms with E-state index >= 15 is 0 Å². The van der Waals surface area contributed by atoms with E-state index in [0.29, 0.717) is 12.8 Å². The van der Waals surface area contributed by atoms with Crippen molar-refractivity contribution >= 4 is 11.9 Å². The van der Waals surface area contributed by atoms with Crippen molar-refractivity contribution in [2.75, 3.05) is 13.2 Å². The molecule has 0 aliphatic carbocycles. The van der Waals surface area contributed by atoms with Crippen LogP contribution in [0, 0.1) is 5.92 Å².